The van der Waals surface area contributed by atoms with E-state index in [0.717, 1.165) is 12.8 Å². The van der Waals surface area contributed by atoms with Crippen LogP contribution >= 0.6 is 0 Å². The van der Waals surface area contributed by atoms with Crippen LogP contribution in [-0.2, 0) is 4.79 Å². The van der Waals surface area contributed by atoms with Gasteiger partial charge in [-0.3, -0.25) is 4.79 Å². The van der Waals surface area contributed by atoms with Gasteiger partial charge in [0.2, 0.25) is 0 Å². The Labute approximate surface area is 86.0 Å². The molecule has 0 aromatic rings. The Morgan fingerprint density at radius 3 is 2.64 bits per heavy atom. The van der Waals surface area contributed by atoms with Gasteiger partial charge in [0.1, 0.15) is 0 Å². The maximum Gasteiger partial charge on any atom is 0.303 e. The minimum absolute atomic E-state index is 0.220. The summed E-state index contributed by atoms with van der Waals surface area (Å²) >= 11 is 0. The number of hydrogen-bond acceptors (Lipinski definition) is 1. The van der Waals surface area contributed by atoms with Gasteiger partial charge in [0.05, 0.1) is 0 Å². The highest BCUT2D eigenvalue weighted by molar-refractivity contribution is 5.67. The third-order valence-corrected chi connectivity index (χ3v) is 3.27. The van der Waals surface area contributed by atoms with Gasteiger partial charge < -0.3 is 5.11 Å². The van der Waals surface area contributed by atoms with Crippen LogP contribution in [0.25, 0.3) is 0 Å². The first-order valence-electron chi connectivity index (χ1n) is 5.34. The summed E-state index contributed by atoms with van der Waals surface area (Å²) in [6.07, 6.45) is 4.59. The molecule has 80 valence electrons. The molecule has 0 heterocycles. The summed E-state index contributed by atoms with van der Waals surface area (Å²) in [6.45, 7) is 6.61. The topological polar surface area (TPSA) is 37.3 Å². The van der Waals surface area contributed by atoms with Crippen molar-refractivity contribution in [1.29, 1.82) is 0 Å². The van der Waals surface area contributed by atoms with E-state index in [4.69, 9.17) is 5.11 Å². The van der Waals surface area contributed by atoms with Crippen LogP contribution in [0, 0.1) is 5.41 Å². The van der Waals surface area contributed by atoms with Crippen molar-refractivity contribution in [3.8, 4) is 0 Å². The molecule has 0 spiro atoms. The summed E-state index contributed by atoms with van der Waals surface area (Å²) in [5, 5.41) is 8.68. The van der Waals surface area contributed by atoms with E-state index in [2.05, 4.69) is 20.8 Å². The third-order valence-electron chi connectivity index (χ3n) is 3.27. The van der Waals surface area contributed by atoms with Crippen LogP contribution in [0.15, 0.2) is 11.1 Å². The SMILES string of the molecule is CC1=C(CCC(=O)O)C(C)(C)CCC1. The number of allylic oxidation sites excluding steroid dienone is 2. The van der Waals surface area contributed by atoms with Crippen molar-refractivity contribution >= 4 is 5.97 Å². The molecule has 0 saturated carbocycles. The summed E-state index contributed by atoms with van der Waals surface area (Å²) in [5.74, 6) is -0.688. The van der Waals surface area contributed by atoms with Gasteiger partial charge in [-0.2, -0.15) is 0 Å². The highest BCUT2D eigenvalue weighted by Crippen LogP contribution is 2.42. The molecule has 0 aromatic heterocycles. The van der Waals surface area contributed by atoms with Crippen LogP contribution in [0.1, 0.15) is 52.9 Å². The smallest absolute Gasteiger partial charge is 0.303 e. The Balaban J connectivity index is 2.75. The highest BCUT2D eigenvalue weighted by atomic mass is 16.4. The lowest BCUT2D eigenvalue weighted by atomic mass is 9.71. The zero-order valence-corrected chi connectivity index (χ0v) is 9.39. The molecule has 1 aliphatic rings. The van der Waals surface area contributed by atoms with Gasteiger partial charge in [-0.1, -0.05) is 25.0 Å². The van der Waals surface area contributed by atoms with E-state index in [9.17, 15) is 4.79 Å². The van der Waals surface area contributed by atoms with E-state index in [1.165, 1.54) is 24.0 Å². The number of hydrogen-bond donors (Lipinski definition) is 1. The van der Waals surface area contributed by atoms with Gasteiger partial charge in [-0.25, -0.2) is 0 Å². The normalized spacial score (nSPS) is 21.1. The Morgan fingerprint density at radius 2 is 2.14 bits per heavy atom. The van der Waals surface area contributed by atoms with Crippen molar-refractivity contribution in [3.63, 3.8) is 0 Å². The molecule has 0 unspecified atom stereocenters. The van der Waals surface area contributed by atoms with Gasteiger partial charge >= 0.3 is 5.97 Å². The van der Waals surface area contributed by atoms with Gasteiger partial charge in [-0.15, -0.1) is 0 Å². The minimum atomic E-state index is -0.688. The summed E-state index contributed by atoms with van der Waals surface area (Å²) in [5.41, 5.74) is 3.02. The fourth-order valence-corrected chi connectivity index (χ4v) is 2.46. The molecule has 0 fully saturated rings. The Morgan fingerprint density at radius 1 is 1.50 bits per heavy atom. The lowest BCUT2D eigenvalue weighted by molar-refractivity contribution is -0.137. The molecule has 0 bridgehead atoms. The lowest BCUT2D eigenvalue weighted by Gasteiger charge is -2.34. The van der Waals surface area contributed by atoms with Crippen molar-refractivity contribution in [2.45, 2.75) is 52.9 Å². The molecule has 0 amide bonds. The number of carbonyl (C=O) groups is 1. The van der Waals surface area contributed by atoms with Crippen LogP contribution in [0.3, 0.4) is 0 Å². The molecular weight excluding hydrogens is 176 g/mol. The average molecular weight is 196 g/mol. The number of carboxylic acid groups (broad SMARTS) is 1. The van der Waals surface area contributed by atoms with Crippen LogP contribution < -0.4 is 0 Å². The van der Waals surface area contributed by atoms with Gasteiger partial charge in [0.15, 0.2) is 0 Å². The first-order valence-corrected chi connectivity index (χ1v) is 5.34. The highest BCUT2D eigenvalue weighted by Gasteiger charge is 2.28. The van der Waals surface area contributed by atoms with Crippen molar-refractivity contribution in [2.75, 3.05) is 0 Å². The third kappa shape index (κ3) is 2.60. The molecule has 0 aliphatic heterocycles. The van der Waals surface area contributed by atoms with Crippen molar-refractivity contribution in [3.05, 3.63) is 11.1 Å². The molecular formula is C12H20O2. The minimum Gasteiger partial charge on any atom is -0.481 e. The van der Waals surface area contributed by atoms with Crippen LogP contribution in [-0.4, -0.2) is 11.1 Å². The van der Waals surface area contributed by atoms with Gasteiger partial charge in [-0.05, 0) is 38.0 Å². The summed E-state index contributed by atoms with van der Waals surface area (Å²) in [4.78, 5) is 10.5. The average Bonchev–Trinajstić information content (AvgIpc) is 2.01. The van der Waals surface area contributed by atoms with Crippen molar-refractivity contribution in [2.24, 2.45) is 5.41 Å². The molecule has 0 aromatic carbocycles. The zero-order chi connectivity index (χ0) is 10.8. The van der Waals surface area contributed by atoms with Crippen LogP contribution in [0.5, 0.6) is 0 Å². The second-order valence-corrected chi connectivity index (χ2v) is 4.89. The quantitative estimate of drug-likeness (QED) is 0.702. The number of aliphatic carboxylic acids is 1. The van der Waals surface area contributed by atoms with Crippen molar-refractivity contribution in [1.82, 2.24) is 0 Å². The molecule has 1 rings (SSSR count). The molecule has 2 nitrogen and oxygen atoms in total. The van der Waals surface area contributed by atoms with E-state index in [-0.39, 0.29) is 11.8 Å². The molecule has 14 heavy (non-hydrogen) atoms. The summed E-state index contributed by atoms with van der Waals surface area (Å²) in [7, 11) is 0. The second-order valence-electron chi connectivity index (χ2n) is 4.89. The first-order chi connectivity index (χ1) is 6.43. The molecule has 0 radical (unpaired) electrons. The maximum absolute atomic E-state index is 10.5. The maximum atomic E-state index is 10.5. The molecule has 1 N–H and O–H groups in total. The Bertz CT molecular complexity index is 261. The lowest BCUT2D eigenvalue weighted by Crippen LogP contribution is -2.21. The van der Waals surface area contributed by atoms with E-state index in [1.807, 2.05) is 0 Å². The fraction of sp³-hybridized carbons (Fsp3) is 0.750. The monoisotopic (exact) mass is 196 g/mol. The van der Waals surface area contributed by atoms with E-state index < -0.39 is 5.97 Å². The second kappa shape index (κ2) is 4.16. The Kier molecular flexibility index (Phi) is 3.35. The van der Waals surface area contributed by atoms with E-state index in [0.29, 0.717) is 0 Å². The van der Waals surface area contributed by atoms with Gasteiger partial charge in [0.25, 0.3) is 0 Å². The van der Waals surface area contributed by atoms with Crippen LogP contribution in [0.2, 0.25) is 0 Å². The van der Waals surface area contributed by atoms with Crippen LogP contribution in [0.4, 0.5) is 0 Å². The van der Waals surface area contributed by atoms with Crippen molar-refractivity contribution < 1.29 is 9.90 Å². The largest absolute Gasteiger partial charge is 0.481 e. The van der Waals surface area contributed by atoms with E-state index in [1.54, 1.807) is 0 Å². The summed E-state index contributed by atoms with van der Waals surface area (Å²) in [6, 6.07) is 0. The number of carboxylic acids is 1. The number of rotatable bonds is 3. The summed E-state index contributed by atoms with van der Waals surface area (Å²) < 4.78 is 0. The predicted octanol–water partition coefficient (Wildman–Crippen LogP) is 3.38. The first kappa shape index (κ1) is 11.3. The predicted molar refractivity (Wildman–Crippen MR) is 57.2 cm³/mol. The molecule has 0 saturated heterocycles. The fourth-order valence-electron chi connectivity index (χ4n) is 2.46. The molecule has 0 atom stereocenters. The van der Waals surface area contributed by atoms with E-state index >= 15 is 0 Å². The standard InChI is InChI=1S/C12H20O2/c1-9-5-4-8-12(2,3)10(9)6-7-11(13)14/h4-8H2,1-3H3,(H,13,14). The Hall–Kier alpha value is -0.790. The zero-order valence-electron chi connectivity index (χ0n) is 9.39. The molecule has 2 heteroatoms. The molecule has 1 aliphatic carbocycles. The van der Waals surface area contributed by atoms with Gasteiger partial charge in [0, 0.05) is 6.42 Å².